The minimum absolute atomic E-state index is 0.0501. The summed E-state index contributed by atoms with van der Waals surface area (Å²) in [5, 5.41) is 4.91. The van der Waals surface area contributed by atoms with E-state index in [1.165, 1.54) is 17.6 Å². The van der Waals surface area contributed by atoms with Crippen LogP contribution in [0.15, 0.2) is 30.6 Å². The van der Waals surface area contributed by atoms with Crippen molar-refractivity contribution in [3.8, 4) is 11.8 Å². The molecule has 0 spiro atoms. The third-order valence-electron chi connectivity index (χ3n) is 5.12. The van der Waals surface area contributed by atoms with E-state index in [4.69, 9.17) is 0 Å². The molecule has 2 heterocycles. The molecule has 3 rings (SSSR count). The minimum atomic E-state index is -1.11. The van der Waals surface area contributed by atoms with Gasteiger partial charge in [-0.3, -0.25) is 14.4 Å². The van der Waals surface area contributed by atoms with Crippen LogP contribution in [0.4, 0.5) is 14.5 Å². The highest BCUT2D eigenvalue weighted by Crippen LogP contribution is 2.23. The number of nitrogens with zero attached hydrogens (tertiary/aromatic N) is 3. The molecule has 33 heavy (non-hydrogen) atoms. The molecule has 0 saturated heterocycles. The number of benzene rings is 1. The Morgan fingerprint density at radius 2 is 1.85 bits per heavy atom. The first-order chi connectivity index (χ1) is 15.6. The quantitative estimate of drug-likeness (QED) is 0.352. The SMILES string of the molecule is Cc1c(C(=O)C(=O)NCC#Cc2nccn2C)c(C)n(C)c1C(=O)Nc1ccc(F)c(F)c1. The molecule has 0 fully saturated rings. The van der Waals surface area contributed by atoms with E-state index >= 15 is 0 Å². The smallest absolute Gasteiger partial charge is 0.293 e. The Labute approximate surface area is 188 Å². The Balaban J connectivity index is 1.76. The fourth-order valence-electron chi connectivity index (χ4n) is 3.33. The molecule has 0 aliphatic carbocycles. The molecule has 170 valence electrons. The normalized spacial score (nSPS) is 10.4. The highest BCUT2D eigenvalue weighted by molar-refractivity contribution is 6.43. The first-order valence-corrected chi connectivity index (χ1v) is 9.82. The molecule has 0 saturated carbocycles. The fraction of sp³-hybridized carbons (Fsp3) is 0.217. The van der Waals surface area contributed by atoms with E-state index in [9.17, 15) is 23.2 Å². The molecule has 2 aromatic heterocycles. The summed E-state index contributed by atoms with van der Waals surface area (Å²) >= 11 is 0. The number of imidazole rings is 1. The molecule has 0 aliphatic heterocycles. The zero-order chi connectivity index (χ0) is 24.3. The van der Waals surface area contributed by atoms with E-state index in [2.05, 4.69) is 27.5 Å². The molecule has 0 atom stereocenters. The summed E-state index contributed by atoms with van der Waals surface area (Å²) in [6.07, 6.45) is 3.32. The van der Waals surface area contributed by atoms with E-state index in [-0.39, 0.29) is 29.1 Å². The number of anilines is 1. The van der Waals surface area contributed by atoms with Gasteiger partial charge >= 0.3 is 0 Å². The summed E-state index contributed by atoms with van der Waals surface area (Å²) < 4.78 is 29.8. The predicted molar refractivity (Wildman–Crippen MR) is 117 cm³/mol. The van der Waals surface area contributed by atoms with Gasteiger partial charge in [-0.25, -0.2) is 13.8 Å². The van der Waals surface area contributed by atoms with Gasteiger partial charge in [0, 0.05) is 43.9 Å². The second-order valence-corrected chi connectivity index (χ2v) is 7.25. The third kappa shape index (κ3) is 4.82. The summed E-state index contributed by atoms with van der Waals surface area (Å²) in [5.41, 5.74) is 0.941. The molecule has 2 amide bonds. The maximum absolute atomic E-state index is 13.4. The lowest BCUT2D eigenvalue weighted by atomic mass is 10.0. The standard InChI is InChI=1S/C23H21F2N5O3/c1-13-19(21(31)23(33)27-9-5-6-18-26-10-11-29(18)3)14(2)30(4)20(13)22(32)28-15-7-8-16(24)17(25)12-15/h7-8,10-12H,9H2,1-4H3,(H,27,33)(H,28,32). The van der Waals surface area contributed by atoms with Crippen molar-refractivity contribution in [1.82, 2.24) is 19.4 Å². The zero-order valence-corrected chi connectivity index (χ0v) is 18.4. The number of rotatable bonds is 5. The van der Waals surface area contributed by atoms with Crippen LogP contribution in [0.25, 0.3) is 0 Å². The first-order valence-electron chi connectivity index (χ1n) is 9.82. The molecule has 0 unspecified atom stereocenters. The fourth-order valence-corrected chi connectivity index (χ4v) is 3.33. The van der Waals surface area contributed by atoms with Gasteiger partial charge in [0.15, 0.2) is 17.5 Å². The second kappa shape index (κ2) is 9.48. The summed E-state index contributed by atoms with van der Waals surface area (Å²) in [7, 11) is 3.34. The Kier molecular flexibility index (Phi) is 6.72. The average Bonchev–Trinajstić information content (AvgIpc) is 3.27. The number of carbonyl (C=O) groups excluding carboxylic acids is 3. The number of halogens is 2. The first kappa shape index (κ1) is 23.4. The molecule has 3 aromatic rings. The van der Waals surface area contributed by atoms with Gasteiger partial charge in [-0.15, -0.1) is 0 Å². The van der Waals surface area contributed by atoms with Crippen LogP contribution in [0.2, 0.25) is 0 Å². The Morgan fingerprint density at radius 3 is 2.48 bits per heavy atom. The van der Waals surface area contributed by atoms with Crippen LogP contribution in [0, 0.1) is 37.3 Å². The van der Waals surface area contributed by atoms with Crippen molar-refractivity contribution in [3.05, 3.63) is 70.6 Å². The van der Waals surface area contributed by atoms with E-state index in [0.29, 0.717) is 11.5 Å². The van der Waals surface area contributed by atoms with Crippen molar-refractivity contribution < 1.29 is 23.2 Å². The lowest BCUT2D eigenvalue weighted by Gasteiger charge is -2.08. The van der Waals surface area contributed by atoms with Crippen LogP contribution in [-0.4, -0.2) is 38.3 Å². The third-order valence-corrected chi connectivity index (χ3v) is 5.12. The number of aromatic nitrogens is 3. The van der Waals surface area contributed by atoms with Crippen molar-refractivity contribution in [2.75, 3.05) is 11.9 Å². The number of amides is 2. The summed E-state index contributed by atoms with van der Waals surface area (Å²) in [5.74, 6) is 1.55. The van der Waals surface area contributed by atoms with Gasteiger partial charge in [-0.1, -0.05) is 5.92 Å². The molecular weight excluding hydrogens is 432 g/mol. The Morgan fingerprint density at radius 1 is 1.12 bits per heavy atom. The van der Waals surface area contributed by atoms with Gasteiger partial charge in [0.05, 0.1) is 12.1 Å². The molecule has 0 bridgehead atoms. The molecule has 0 radical (unpaired) electrons. The minimum Gasteiger partial charge on any atom is -0.343 e. The Hall–Kier alpha value is -4.26. The maximum Gasteiger partial charge on any atom is 0.293 e. The van der Waals surface area contributed by atoms with E-state index in [1.807, 2.05) is 0 Å². The lowest BCUT2D eigenvalue weighted by molar-refractivity contribution is -0.116. The molecule has 1 aromatic carbocycles. The summed E-state index contributed by atoms with van der Waals surface area (Å²) in [6, 6.07) is 2.96. The van der Waals surface area contributed by atoms with E-state index in [0.717, 1.165) is 12.1 Å². The van der Waals surface area contributed by atoms with Crippen LogP contribution in [0.5, 0.6) is 0 Å². The number of nitrogens with one attached hydrogen (secondary N) is 2. The number of hydrogen-bond donors (Lipinski definition) is 2. The van der Waals surface area contributed by atoms with E-state index in [1.54, 1.807) is 38.0 Å². The van der Waals surface area contributed by atoms with Crippen molar-refractivity contribution in [2.24, 2.45) is 14.1 Å². The van der Waals surface area contributed by atoms with Crippen LogP contribution >= 0.6 is 0 Å². The van der Waals surface area contributed by atoms with Gasteiger partial charge in [0.2, 0.25) is 0 Å². The highest BCUT2D eigenvalue weighted by Gasteiger charge is 2.28. The van der Waals surface area contributed by atoms with Crippen molar-refractivity contribution in [1.29, 1.82) is 0 Å². The van der Waals surface area contributed by atoms with Gasteiger partial charge in [-0.2, -0.15) is 0 Å². The molecule has 0 aliphatic rings. The highest BCUT2D eigenvalue weighted by atomic mass is 19.2. The average molecular weight is 453 g/mol. The monoisotopic (exact) mass is 453 g/mol. The molecular formula is C23H21F2N5O3. The van der Waals surface area contributed by atoms with Crippen LogP contribution in [0.3, 0.4) is 0 Å². The number of carbonyl (C=O) groups is 3. The molecule has 2 N–H and O–H groups in total. The largest absolute Gasteiger partial charge is 0.343 e. The van der Waals surface area contributed by atoms with Crippen LogP contribution < -0.4 is 10.6 Å². The molecule has 8 nitrogen and oxygen atoms in total. The number of hydrogen-bond acceptors (Lipinski definition) is 4. The number of ketones is 1. The zero-order valence-electron chi connectivity index (χ0n) is 18.4. The van der Waals surface area contributed by atoms with Crippen LogP contribution in [0.1, 0.15) is 37.9 Å². The second-order valence-electron chi connectivity index (χ2n) is 7.25. The van der Waals surface area contributed by atoms with Gasteiger partial charge < -0.3 is 19.8 Å². The number of aryl methyl sites for hydroxylation is 1. The van der Waals surface area contributed by atoms with Crippen LogP contribution in [-0.2, 0) is 18.9 Å². The van der Waals surface area contributed by atoms with Crippen molar-refractivity contribution in [3.63, 3.8) is 0 Å². The number of Topliss-reactive ketones (excluding diaryl/α,β-unsaturated/α-hetero) is 1. The topological polar surface area (TPSA) is 98.0 Å². The predicted octanol–water partition coefficient (Wildman–Crippen LogP) is 2.26. The molecule has 10 heteroatoms. The van der Waals surface area contributed by atoms with Gasteiger partial charge in [-0.05, 0) is 37.5 Å². The lowest BCUT2D eigenvalue weighted by Crippen LogP contribution is -2.32. The van der Waals surface area contributed by atoms with Crippen molar-refractivity contribution in [2.45, 2.75) is 13.8 Å². The van der Waals surface area contributed by atoms with Gasteiger partial charge in [0.25, 0.3) is 17.6 Å². The maximum atomic E-state index is 13.4. The Bertz CT molecular complexity index is 1330. The van der Waals surface area contributed by atoms with Crippen molar-refractivity contribution >= 4 is 23.3 Å². The van der Waals surface area contributed by atoms with Gasteiger partial charge in [0.1, 0.15) is 5.69 Å². The van der Waals surface area contributed by atoms with E-state index < -0.39 is 29.2 Å². The summed E-state index contributed by atoms with van der Waals surface area (Å²) in [6.45, 7) is 3.07. The summed E-state index contributed by atoms with van der Waals surface area (Å²) in [4.78, 5) is 42.0.